The highest BCUT2D eigenvalue weighted by Gasteiger charge is 2.34. The maximum atomic E-state index is 12.7. The fraction of sp³-hybridized carbons (Fsp3) is 0.100. The van der Waals surface area contributed by atoms with Crippen molar-refractivity contribution in [1.82, 2.24) is 10.1 Å². The quantitative estimate of drug-likeness (QED) is 0.895. The summed E-state index contributed by atoms with van der Waals surface area (Å²) in [5.41, 5.74) is -1.52. The lowest BCUT2D eigenvalue weighted by Crippen LogP contribution is -2.07. The molecule has 0 radical (unpaired) electrons. The number of carbonyl (C=O) groups is 1. The summed E-state index contributed by atoms with van der Waals surface area (Å²) in [7, 11) is 0. The molecule has 0 saturated carbocycles. The molecule has 2 heterocycles. The first-order valence-electron chi connectivity index (χ1n) is 4.61. The molecule has 0 amide bonds. The summed E-state index contributed by atoms with van der Waals surface area (Å²) in [6.07, 6.45) is -2.64. The maximum absolute atomic E-state index is 12.7. The van der Waals surface area contributed by atoms with Gasteiger partial charge in [0.15, 0.2) is 0 Å². The van der Waals surface area contributed by atoms with E-state index in [4.69, 9.17) is 5.11 Å². The lowest BCUT2D eigenvalue weighted by atomic mass is 10.1. The number of hydrogen-bond acceptors (Lipinski definition) is 4. The molecule has 0 bridgehead atoms. The molecule has 0 spiro atoms. The van der Waals surface area contributed by atoms with Crippen LogP contribution < -0.4 is 0 Å². The zero-order chi connectivity index (χ0) is 13.3. The molecule has 0 unspecified atom stereocenters. The van der Waals surface area contributed by atoms with Crippen LogP contribution in [0.15, 0.2) is 29.0 Å². The van der Waals surface area contributed by atoms with Crippen LogP contribution in [0.2, 0.25) is 0 Å². The normalized spacial score (nSPS) is 11.5. The Balaban J connectivity index is 2.53. The zero-order valence-electron chi connectivity index (χ0n) is 8.60. The van der Waals surface area contributed by atoms with Crippen molar-refractivity contribution in [3.05, 3.63) is 35.9 Å². The van der Waals surface area contributed by atoms with Crippen LogP contribution >= 0.6 is 0 Å². The largest absolute Gasteiger partial charge is 0.475 e. The molecule has 0 saturated heterocycles. The molecule has 94 valence electrons. The molecule has 0 fully saturated rings. The monoisotopic (exact) mass is 258 g/mol. The van der Waals surface area contributed by atoms with Crippen molar-refractivity contribution in [3.63, 3.8) is 0 Å². The van der Waals surface area contributed by atoms with Gasteiger partial charge in [-0.1, -0.05) is 5.16 Å². The molecule has 5 nitrogen and oxygen atoms in total. The lowest BCUT2D eigenvalue weighted by Gasteiger charge is -2.09. The van der Waals surface area contributed by atoms with Crippen LogP contribution in [0.5, 0.6) is 0 Å². The second-order valence-electron chi connectivity index (χ2n) is 3.30. The summed E-state index contributed by atoms with van der Waals surface area (Å²) in [5, 5.41) is 11.9. The van der Waals surface area contributed by atoms with Crippen LogP contribution in [0, 0.1) is 0 Å². The standard InChI is InChI=1S/C10H5F3N2O3/c11-10(12,13)6-1-2-14-4-5(6)7-3-8(9(16)17)18-15-7/h1-4H,(H,16,17). The average molecular weight is 258 g/mol. The van der Waals surface area contributed by atoms with Crippen LogP contribution in [0.4, 0.5) is 13.2 Å². The van der Waals surface area contributed by atoms with E-state index in [1.54, 1.807) is 0 Å². The number of hydrogen-bond donors (Lipinski definition) is 1. The van der Waals surface area contributed by atoms with Gasteiger partial charge in [-0.15, -0.1) is 0 Å². The number of halogens is 3. The van der Waals surface area contributed by atoms with Crippen LogP contribution in [0.3, 0.4) is 0 Å². The molecule has 0 aliphatic carbocycles. The first-order chi connectivity index (χ1) is 8.39. The van der Waals surface area contributed by atoms with Crippen LogP contribution in [0.1, 0.15) is 16.1 Å². The molecule has 0 aliphatic heterocycles. The number of alkyl halides is 3. The Morgan fingerprint density at radius 3 is 2.67 bits per heavy atom. The van der Waals surface area contributed by atoms with E-state index in [9.17, 15) is 18.0 Å². The van der Waals surface area contributed by atoms with Gasteiger partial charge in [0.1, 0.15) is 5.69 Å². The van der Waals surface area contributed by atoms with Gasteiger partial charge in [0, 0.05) is 24.0 Å². The third-order valence-electron chi connectivity index (χ3n) is 2.12. The highest BCUT2D eigenvalue weighted by molar-refractivity contribution is 5.85. The summed E-state index contributed by atoms with van der Waals surface area (Å²) in [6, 6.07) is 1.69. The summed E-state index contributed by atoms with van der Waals surface area (Å²) >= 11 is 0. The molecule has 0 atom stereocenters. The maximum Gasteiger partial charge on any atom is 0.417 e. The second kappa shape index (κ2) is 4.13. The first-order valence-corrected chi connectivity index (χ1v) is 4.61. The van der Waals surface area contributed by atoms with Crippen LogP contribution in [0.25, 0.3) is 11.3 Å². The van der Waals surface area contributed by atoms with Crippen molar-refractivity contribution in [2.75, 3.05) is 0 Å². The molecule has 2 aromatic rings. The number of carboxylic acids is 1. The van der Waals surface area contributed by atoms with Crippen LogP contribution in [-0.2, 0) is 6.18 Å². The van der Waals surface area contributed by atoms with E-state index in [0.29, 0.717) is 0 Å². The highest BCUT2D eigenvalue weighted by atomic mass is 19.4. The Labute approximate surface area is 97.9 Å². The molecule has 18 heavy (non-hydrogen) atoms. The molecular weight excluding hydrogens is 253 g/mol. The highest BCUT2D eigenvalue weighted by Crippen LogP contribution is 2.36. The average Bonchev–Trinajstić information content (AvgIpc) is 2.77. The number of carboxylic acid groups (broad SMARTS) is 1. The van der Waals surface area contributed by atoms with Gasteiger partial charge < -0.3 is 9.63 Å². The van der Waals surface area contributed by atoms with Gasteiger partial charge in [0.25, 0.3) is 0 Å². The molecule has 0 aromatic carbocycles. The van der Waals surface area contributed by atoms with E-state index in [0.717, 1.165) is 24.5 Å². The number of nitrogens with zero attached hydrogens (tertiary/aromatic N) is 2. The van der Waals surface area contributed by atoms with Gasteiger partial charge >= 0.3 is 12.1 Å². The Kier molecular flexibility index (Phi) is 2.77. The van der Waals surface area contributed by atoms with E-state index < -0.39 is 23.5 Å². The zero-order valence-corrected chi connectivity index (χ0v) is 8.60. The minimum atomic E-state index is -4.58. The fourth-order valence-corrected chi connectivity index (χ4v) is 1.35. The molecular formula is C10H5F3N2O3. The molecule has 8 heteroatoms. The second-order valence-corrected chi connectivity index (χ2v) is 3.30. The Hall–Kier alpha value is -2.38. The lowest BCUT2D eigenvalue weighted by molar-refractivity contribution is -0.137. The summed E-state index contributed by atoms with van der Waals surface area (Å²) in [5.74, 6) is -1.95. The minimum absolute atomic E-state index is 0.229. The van der Waals surface area contributed by atoms with Crippen molar-refractivity contribution in [3.8, 4) is 11.3 Å². The van der Waals surface area contributed by atoms with Crippen molar-refractivity contribution >= 4 is 5.97 Å². The van der Waals surface area contributed by atoms with Crippen molar-refractivity contribution in [2.45, 2.75) is 6.18 Å². The molecule has 2 rings (SSSR count). The minimum Gasteiger partial charge on any atom is -0.475 e. The fourth-order valence-electron chi connectivity index (χ4n) is 1.35. The number of aromatic carboxylic acids is 1. The third-order valence-corrected chi connectivity index (χ3v) is 2.12. The summed E-state index contributed by atoms with van der Waals surface area (Å²) in [6.45, 7) is 0. The third kappa shape index (κ3) is 2.17. The molecule has 1 N–H and O–H groups in total. The van der Waals surface area contributed by atoms with E-state index in [2.05, 4.69) is 14.7 Å². The van der Waals surface area contributed by atoms with E-state index >= 15 is 0 Å². The van der Waals surface area contributed by atoms with Crippen molar-refractivity contribution in [2.24, 2.45) is 0 Å². The number of aromatic nitrogens is 2. The van der Waals surface area contributed by atoms with Crippen molar-refractivity contribution in [1.29, 1.82) is 0 Å². The topological polar surface area (TPSA) is 76.2 Å². The molecule has 2 aromatic heterocycles. The van der Waals surface area contributed by atoms with Crippen LogP contribution in [-0.4, -0.2) is 21.2 Å². The van der Waals surface area contributed by atoms with Gasteiger partial charge in [-0.25, -0.2) is 4.79 Å². The van der Waals surface area contributed by atoms with Gasteiger partial charge in [-0.3, -0.25) is 4.98 Å². The van der Waals surface area contributed by atoms with E-state index in [1.807, 2.05) is 0 Å². The van der Waals surface area contributed by atoms with Gasteiger partial charge in [-0.2, -0.15) is 13.2 Å². The number of pyridine rings is 1. The van der Waals surface area contributed by atoms with Gasteiger partial charge in [0.2, 0.25) is 5.76 Å². The Bertz CT molecular complexity index is 592. The Morgan fingerprint density at radius 2 is 2.11 bits per heavy atom. The Morgan fingerprint density at radius 1 is 1.39 bits per heavy atom. The summed E-state index contributed by atoms with van der Waals surface area (Å²) < 4.78 is 42.5. The van der Waals surface area contributed by atoms with Crippen molar-refractivity contribution < 1.29 is 27.6 Å². The smallest absolute Gasteiger partial charge is 0.417 e. The SMILES string of the molecule is O=C(O)c1cc(-c2cnccc2C(F)(F)F)no1. The molecule has 0 aliphatic rings. The predicted octanol–water partition coefficient (Wildman–Crippen LogP) is 2.45. The predicted molar refractivity (Wildman–Crippen MR) is 51.7 cm³/mol. The first kappa shape index (κ1) is 12.1. The van der Waals surface area contributed by atoms with E-state index in [1.165, 1.54) is 0 Å². The number of rotatable bonds is 2. The van der Waals surface area contributed by atoms with Gasteiger partial charge in [-0.05, 0) is 6.07 Å². The van der Waals surface area contributed by atoms with E-state index in [-0.39, 0.29) is 11.3 Å². The van der Waals surface area contributed by atoms with Gasteiger partial charge in [0.05, 0.1) is 5.56 Å². The summed E-state index contributed by atoms with van der Waals surface area (Å²) in [4.78, 5) is 14.1.